The molecule has 2 aromatic rings. The van der Waals surface area contributed by atoms with Crippen molar-refractivity contribution in [2.75, 3.05) is 40.0 Å². The molecule has 32 heavy (non-hydrogen) atoms. The molecule has 0 saturated carbocycles. The lowest BCUT2D eigenvalue weighted by Gasteiger charge is -2.25. The topological polar surface area (TPSA) is 71.0 Å². The van der Waals surface area contributed by atoms with Gasteiger partial charge in [0, 0.05) is 45.0 Å². The van der Waals surface area contributed by atoms with Crippen molar-refractivity contribution in [3.8, 4) is 5.88 Å². The molecule has 0 bridgehead atoms. The molecule has 1 aromatic carbocycles. The number of guanidine groups is 1. The first-order valence-corrected chi connectivity index (χ1v) is 11.1. The second-order valence-electron chi connectivity index (χ2n) is 7.67. The number of aromatic nitrogens is 1. The van der Waals surface area contributed by atoms with Crippen LogP contribution >= 0.6 is 24.0 Å². The Hall–Kier alpha value is -1.91. The zero-order chi connectivity index (χ0) is 21.7. The third-order valence-electron chi connectivity index (χ3n) is 5.33. The lowest BCUT2D eigenvalue weighted by Crippen LogP contribution is -2.44. The van der Waals surface area contributed by atoms with Crippen LogP contribution in [0.4, 0.5) is 0 Å². The van der Waals surface area contributed by atoms with Crippen LogP contribution in [0.15, 0.2) is 53.7 Å². The lowest BCUT2D eigenvalue weighted by molar-refractivity contribution is 0.143. The van der Waals surface area contributed by atoms with Crippen molar-refractivity contribution in [1.29, 1.82) is 0 Å². The maximum atomic E-state index is 5.51. The number of aliphatic imine (C=N–C) groups is 1. The normalized spacial score (nSPS) is 16.4. The van der Waals surface area contributed by atoms with Gasteiger partial charge >= 0.3 is 0 Å². The molecule has 1 aromatic heterocycles. The van der Waals surface area contributed by atoms with Crippen LogP contribution in [0.3, 0.4) is 0 Å². The highest BCUT2D eigenvalue weighted by atomic mass is 127. The average molecular weight is 553 g/mol. The number of nitrogens with zero attached hydrogens (tertiary/aromatic N) is 3. The zero-order valence-corrected chi connectivity index (χ0v) is 21.5. The molecule has 2 heterocycles. The number of likely N-dealkylation sites (tertiary alicyclic amines) is 1. The minimum absolute atomic E-state index is 0. The summed E-state index contributed by atoms with van der Waals surface area (Å²) in [6.07, 6.45) is 4.28. The van der Waals surface area contributed by atoms with E-state index in [0.717, 1.165) is 37.7 Å². The van der Waals surface area contributed by atoms with E-state index in [4.69, 9.17) is 14.5 Å². The summed E-state index contributed by atoms with van der Waals surface area (Å²) in [6, 6.07) is 15.1. The molecule has 0 radical (unpaired) electrons. The van der Waals surface area contributed by atoms with E-state index in [2.05, 4.69) is 57.8 Å². The van der Waals surface area contributed by atoms with Gasteiger partial charge in [-0.2, -0.15) is 0 Å². The Kier molecular flexibility index (Phi) is 12.4. The van der Waals surface area contributed by atoms with Crippen molar-refractivity contribution >= 4 is 29.9 Å². The van der Waals surface area contributed by atoms with Gasteiger partial charge in [0.2, 0.25) is 5.88 Å². The number of benzene rings is 1. The van der Waals surface area contributed by atoms with Crippen LogP contribution in [0, 0.1) is 0 Å². The number of pyridine rings is 1. The number of halogens is 1. The molecule has 1 aliphatic rings. The number of ether oxygens (including phenoxy) is 2. The van der Waals surface area contributed by atoms with Crippen molar-refractivity contribution in [1.82, 2.24) is 20.5 Å². The summed E-state index contributed by atoms with van der Waals surface area (Å²) in [4.78, 5) is 11.6. The Morgan fingerprint density at radius 1 is 1.12 bits per heavy atom. The molecule has 176 valence electrons. The van der Waals surface area contributed by atoms with Gasteiger partial charge in [-0.15, -0.1) is 24.0 Å². The summed E-state index contributed by atoms with van der Waals surface area (Å²) >= 11 is 0. The predicted octanol–water partition coefficient (Wildman–Crippen LogP) is 3.44. The maximum absolute atomic E-state index is 5.51. The summed E-state index contributed by atoms with van der Waals surface area (Å²) in [5.74, 6) is 1.45. The number of rotatable bonds is 11. The Balaban J connectivity index is 0.00000363. The molecule has 1 atom stereocenters. The third-order valence-corrected chi connectivity index (χ3v) is 5.33. The van der Waals surface area contributed by atoms with Crippen molar-refractivity contribution in [2.45, 2.75) is 38.9 Å². The van der Waals surface area contributed by atoms with E-state index in [1.54, 1.807) is 7.11 Å². The molecular weight excluding hydrogens is 517 g/mol. The van der Waals surface area contributed by atoms with E-state index in [9.17, 15) is 0 Å². The Morgan fingerprint density at radius 2 is 1.97 bits per heavy atom. The van der Waals surface area contributed by atoms with Crippen LogP contribution in [0.2, 0.25) is 0 Å². The van der Waals surface area contributed by atoms with E-state index in [1.807, 2.05) is 18.3 Å². The minimum Gasteiger partial charge on any atom is -0.475 e. The van der Waals surface area contributed by atoms with Gasteiger partial charge in [-0.25, -0.2) is 9.98 Å². The van der Waals surface area contributed by atoms with Gasteiger partial charge in [0.15, 0.2) is 5.96 Å². The van der Waals surface area contributed by atoms with Crippen LogP contribution < -0.4 is 15.4 Å². The Labute approximate surface area is 209 Å². The van der Waals surface area contributed by atoms with Gasteiger partial charge in [0.05, 0.1) is 13.2 Å². The first-order chi connectivity index (χ1) is 15.3. The van der Waals surface area contributed by atoms with Crippen molar-refractivity contribution in [3.63, 3.8) is 0 Å². The third kappa shape index (κ3) is 8.91. The van der Waals surface area contributed by atoms with Crippen LogP contribution in [0.1, 0.15) is 30.9 Å². The second-order valence-corrected chi connectivity index (χ2v) is 7.67. The highest BCUT2D eigenvalue weighted by Crippen LogP contribution is 2.19. The molecule has 7 nitrogen and oxygen atoms in total. The first-order valence-electron chi connectivity index (χ1n) is 11.1. The molecule has 0 amide bonds. The molecule has 1 unspecified atom stereocenters. The fourth-order valence-corrected chi connectivity index (χ4v) is 3.70. The standard InChI is InChI=1S/C24H35N5O2.HI/c1-3-25-24(27-17-21-11-12-23(26-16-21)31-15-14-30-2)28-18-22-10-7-13-29(22)19-20-8-5-4-6-9-20;/h4-6,8-9,11-12,16,22H,3,7,10,13-15,17-19H2,1-2H3,(H2,25,27,28);1H. The van der Waals surface area contributed by atoms with Gasteiger partial charge in [-0.05, 0) is 37.4 Å². The Bertz CT molecular complexity index is 789. The zero-order valence-electron chi connectivity index (χ0n) is 19.1. The molecule has 8 heteroatoms. The average Bonchev–Trinajstić information content (AvgIpc) is 3.24. The van der Waals surface area contributed by atoms with E-state index in [-0.39, 0.29) is 24.0 Å². The van der Waals surface area contributed by atoms with Crippen LogP contribution in [-0.2, 0) is 17.8 Å². The molecule has 1 saturated heterocycles. The molecule has 1 aliphatic heterocycles. The summed E-state index contributed by atoms with van der Waals surface area (Å²) in [6.45, 7) is 7.58. The van der Waals surface area contributed by atoms with Crippen molar-refractivity contribution < 1.29 is 9.47 Å². The minimum atomic E-state index is 0. The molecule has 0 aliphatic carbocycles. The SMILES string of the molecule is CCNC(=NCc1ccc(OCCOC)nc1)NCC1CCCN1Cc1ccccc1.I. The summed E-state index contributed by atoms with van der Waals surface area (Å²) < 4.78 is 10.5. The molecular formula is C24H36IN5O2. The summed E-state index contributed by atoms with van der Waals surface area (Å²) in [5, 5.41) is 6.88. The largest absolute Gasteiger partial charge is 0.475 e. The number of hydrogen-bond acceptors (Lipinski definition) is 5. The Morgan fingerprint density at radius 3 is 2.69 bits per heavy atom. The van der Waals surface area contributed by atoms with Crippen molar-refractivity contribution in [2.24, 2.45) is 4.99 Å². The molecule has 1 fully saturated rings. The quantitative estimate of drug-likeness (QED) is 0.192. The lowest BCUT2D eigenvalue weighted by atomic mass is 10.2. The van der Waals surface area contributed by atoms with E-state index in [1.165, 1.54) is 18.4 Å². The van der Waals surface area contributed by atoms with E-state index in [0.29, 0.717) is 31.7 Å². The highest BCUT2D eigenvalue weighted by Gasteiger charge is 2.24. The van der Waals surface area contributed by atoms with Crippen LogP contribution in [0.25, 0.3) is 0 Å². The van der Waals surface area contributed by atoms with E-state index >= 15 is 0 Å². The smallest absolute Gasteiger partial charge is 0.213 e. The van der Waals surface area contributed by atoms with Crippen LogP contribution in [-0.4, -0.2) is 61.8 Å². The number of methoxy groups -OCH3 is 1. The number of nitrogens with one attached hydrogen (secondary N) is 2. The summed E-state index contributed by atoms with van der Waals surface area (Å²) in [5.41, 5.74) is 2.42. The van der Waals surface area contributed by atoms with Gasteiger partial charge < -0.3 is 20.1 Å². The molecule has 3 rings (SSSR count). The molecule has 2 N–H and O–H groups in total. The fraction of sp³-hybridized carbons (Fsp3) is 0.500. The number of hydrogen-bond donors (Lipinski definition) is 2. The van der Waals surface area contributed by atoms with Gasteiger partial charge in [-0.3, -0.25) is 4.90 Å². The van der Waals surface area contributed by atoms with Crippen molar-refractivity contribution in [3.05, 3.63) is 59.8 Å². The monoisotopic (exact) mass is 553 g/mol. The maximum Gasteiger partial charge on any atom is 0.213 e. The van der Waals surface area contributed by atoms with Gasteiger partial charge in [0.1, 0.15) is 6.61 Å². The summed E-state index contributed by atoms with van der Waals surface area (Å²) in [7, 11) is 1.65. The van der Waals surface area contributed by atoms with Gasteiger partial charge in [0.25, 0.3) is 0 Å². The second kappa shape index (κ2) is 15.0. The van der Waals surface area contributed by atoms with Crippen LogP contribution in [0.5, 0.6) is 5.88 Å². The van der Waals surface area contributed by atoms with Gasteiger partial charge in [-0.1, -0.05) is 36.4 Å². The van der Waals surface area contributed by atoms with E-state index < -0.39 is 0 Å². The fourth-order valence-electron chi connectivity index (χ4n) is 3.70. The first kappa shape index (κ1) is 26.3. The molecule has 0 spiro atoms. The predicted molar refractivity (Wildman–Crippen MR) is 140 cm³/mol. The highest BCUT2D eigenvalue weighted by molar-refractivity contribution is 14.0.